The molecule has 1 N–H and O–H groups in total. The summed E-state index contributed by atoms with van der Waals surface area (Å²) in [5.74, 6) is -0.978. The predicted molar refractivity (Wildman–Crippen MR) is 128 cm³/mol. The number of halogens is 1. The number of nitrogens with zero attached hydrogens (tertiary/aromatic N) is 2. The van der Waals surface area contributed by atoms with Crippen LogP contribution < -0.4 is 0 Å². The summed E-state index contributed by atoms with van der Waals surface area (Å²) in [5, 5.41) is 21.4. The Hall–Kier alpha value is -2.92. The predicted octanol–water partition coefficient (Wildman–Crippen LogP) is 7.03. The minimum atomic E-state index is -0.978. The second kappa shape index (κ2) is 9.48. The van der Waals surface area contributed by atoms with E-state index in [9.17, 15) is 15.2 Å². The maximum absolute atomic E-state index is 12.1. The number of hydrogen-bond acceptors (Lipinski definition) is 5. The third-order valence-electron chi connectivity index (χ3n) is 4.58. The van der Waals surface area contributed by atoms with Crippen molar-refractivity contribution >= 4 is 45.0 Å². The standard InChI is InChI=1S/C24H15BrN2O2S2/c25-17-10-8-15(9-11-17)18-13-20(21-7-4-12-30-21)27-23(19(18)14-26)31-22(24(28)29)16-5-2-1-3-6-16/h1-13,22H,(H,28,29). The van der Waals surface area contributed by atoms with Gasteiger partial charge in [0.25, 0.3) is 0 Å². The quantitative estimate of drug-likeness (QED) is 0.284. The molecule has 0 radical (unpaired) electrons. The maximum Gasteiger partial charge on any atom is 0.321 e. The Morgan fingerprint density at radius 3 is 2.45 bits per heavy atom. The molecule has 0 bridgehead atoms. The Kier molecular flexibility index (Phi) is 6.52. The Labute approximate surface area is 196 Å². The molecule has 0 spiro atoms. The highest BCUT2D eigenvalue weighted by Gasteiger charge is 2.25. The molecule has 0 saturated heterocycles. The number of hydrogen-bond donors (Lipinski definition) is 1. The van der Waals surface area contributed by atoms with E-state index in [1.165, 1.54) is 0 Å². The van der Waals surface area contributed by atoms with Crippen molar-refractivity contribution in [2.75, 3.05) is 0 Å². The van der Waals surface area contributed by atoms with Crippen LogP contribution in [-0.2, 0) is 4.79 Å². The lowest BCUT2D eigenvalue weighted by Crippen LogP contribution is -2.09. The lowest BCUT2D eigenvalue weighted by atomic mass is 10.0. The van der Waals surface area contributed by atoms with Gasteiger partial charge in [-0.2, -0.15) is 5.26 Å². The molecule has 7 heteroatoms. The van der Waals surface area contributed by atoms with Crippen LogP contribution in [0.5, 0.6) is 0 Å². The smallest absolute Gasteiger partial charge is 0.321 e. The monoisotopic (exact) mass is 506 g/mol. The number of aromatic nitrogens is 1. The van der Waals surface area contributed by atoms with Crippen molar-refractivity contribution in [3.8, 4) is 27.8 Å². The highest BCUT2D eigenvalue weighted by molar-refractivity contribution is 9.10. The van der Waals surface area contributed by atoms with Crippen LogP contribution in [-0.4, -0.2) is 16.1 Å². The van der Waals surface area contributed by atoms with Crippen LogP contribution in [0.25, 0.3) is 21.7 Å². The zero-order valence-corrected chi connectivity index (χ0v) is 19.2. The van der Waals surface area contributed by atoms with Gasteiger partial charge in [0.1, 0.15) is 16.3 Å². The first-order chi connectivity index (χ1) is 15.1. The molecule has 152 valence electrons. The minimum absolute atomic E-state index is 0.370. The number of carboxylic acid groups (broad SMARTS) is 1. The summed E-state index contributed by atoms with van der Waals surface area (Å²) in [6.07, 6.45) is 0. The zero-order chi connectivity index (χ0) is 21.8. The molecule has 31 heavy (non-hydrogen) atoms. The van der Waals surface area contributed by atoms with Gasteiger partial charge in [-0.25, -0.2) is 4.98 Å². The number of pyridine rings is 1. The van der Waals surface area contributed by atoms with Crippen molar-refractivity contribution in [2.45, 2.75) is 10.3 Å². The fourth-order valence-corrected chi connectivity index (χ4v) is 5.12. The molecule has 0 amide bonds. The molecule has 4 aromatic rings. The van der Waals surface area contributed by atoms with Crippen molar-refractivity contribution in [1.82, 2.24) is 4.98 Å². The summed E-state index contributed by atoms with van der Waals surface area (Å²) < 4.78 is 0.937. The topological polar surface area (TPSA) is 74.0 Å². The van der Waals surface area contributed by atoms with E-state index in [2.05, 4.69) is 22.0 Å². The molecule has 2 aromatic heterocycles. The number of benzene rings is 2. The van der Waals surface area contributed by atoms with Crippen LogP contribution in [0, 0.1) is 11.3 Å². The molecular weight excluding hydrogens is 492 g/mol. The third-order valence-corrected chi connectivity index (χ3v) is 7.23. The first kappa shape index (κ1) is 21.3. The average Bonchev–Trinajstić information content (AvgIpc) is 3.33. The number of carbonyl (C=O) groups is 1. The highest BCUT2D eigenvalue weighted by Crippen LogP contribution is 2.41. The molecule has 0 fully saturated rings. The summed E-state index contributed by atoms with van der Waals surface area (Å²) in [7, 11) is 0. The van der Waals surface area contributed by atoms with E-state index in [-0.39, 0.29) is 0 Å². The second-order valence-electron chi connectivity index (χ2n) is 6.58. The van der Waals surface area contributed by atoms with Crippen molar-refractivity contribution in [3.63, 3.8) is 0 Å². The van der Waals surface area contributed by atoms with E-state index < -0.39 is 11.2 Å². The first-order valence-electron chi connectivity index (χ1n) is 9.26. The van der Waals surface area contributed by atoms with Crippen molar-refractivity contribution in [2.24, 2.45) is 0 Å². The molecule has 0 aliphatic rings. The number of nitriles is 1. The van der Waals surface area contributed by atoms with E-state index in [0.717, 1.165) is 32.2 Å². The highest BCUT2D eigenvalue weighted by atomic mass is 79.9. The SMILES string of the molecule is N#Cc1c(-c2ccc(Br)cc2)cc(-c2cccs2)nc1SC(C(=O)O)c1ccccc1. The minimum Gasteiger partial charge on any atom is -0.480 e. The van der Waals surface area contributed by atoms with Crippen LogP contribution in [0.15, 0.2) is 87.7 Å². The van der Waals surface area contributed by atoms with E-state index in [4.69, 9.17) is 4.98 Å². The van der Waals surface area contributed by atoms with Crippen molar-refractivity contribution < 1.29 is 9.90 Å². The van der Waals surface area contributed by atoms with Gasteiger partial charge in [0.05, 0.1) is 16.1 Å². The Morgan fingerprint density at radius 2 is 1.84 bits per heavy atom. The normalized spacial score (nSPS) is 11.6. The van der Waals surface area contributed by atoms with Crippen LogP contribution in [0.3, 0.4) is 0 Å². The Morgan fingerprint density at radius 1 is 1.10 bits per heavy atom. The summed E-state index contributed by atoms with van der Waals surface area (Å²) in [6.45, 7) is 0. The average molecular weight is 507 g/mol. The molecule has 0 saturated carbocycles. The number of rotatable bonds is 6. The summed E-state index contributed by atoms with van der Waals surface area (Å²) in [4.78, 5) is 17.7. The molecule has 0 aliphatic heterocycles. The van der Waals surface area contributed by atoms with Gasteiger partial charge in [-0.15, -0.1) is 11.3 Å². The summed E-state index contributed by atoms with van der Waals surface area (Å²) in [6, 6.07) is 24.8. The van der Waals surface area contributed by atoms with Gasteiger partial charge in [0.2, 0.25) is 0 Å². The lowest BCUT2D eigenvalue weighted by molar-refractivity contribution is -0.136. The van der Waals surface area contributed by atoms with Gasteiger partial charge in [-0.05, 0) is 40.8 Å². The summed E-state index contributed by atoms with van der Waals surface area (Å²) in [5.41, 5.74) is 3.33. The number of thiophene rings is 1. The van der Waals surface area contributed by atoms with Crippen LogP contribution in [0.1, 0.15) is 16.4 Å². The van der Waals surface area contributed by atoms with Crippen LogP contribution in [0.4, 0.5) is 0 Å². The van der Waals surface area contributed by atoms with Gasteiger partial charge in [0, 0.05) is 10.0 Å². The van der Waals surface area contributed by atoms with E-state index in [0.29, 0.717) is 21.8 Å². The zero-order valence-electron chi connectivity index (χ0n) is 16.0. The van der Waals surface area contributed by atoms with Gasteiger partial charge in [-0.1, -0.05) is 76.2 Å². The van der Waals surface area contributed by atoms with E-state index in [1.807, 2.05) is 53.9 Å². The van der Waals surface area contributed by atoms with Crippen LogP contribution >= 0.6 is 39.0 Å². The van der Waals surface area contributed by atoms with Crippen molar-refractivity contribution in [1.29, 1.82) is 5.26 Å². The van der Waals surface area contributed by atoms with E-state index >= 15 is 0 Å². The first-order valence-corrected chi connectivity index (χ1v) is 11.8. The molecular formula is C24H15BrN2O2S2. The fourth-order valence-electron chi connectivity index (χ4n) is 3.12. The molecule has 2 heterocycles. The second-order valence-corrected chi connectivity index (χ2v) is 9.54. The molecule has 4 rings (SSSR count). The molecule has 2 aromatic carbocycles. The number of thioether (sulfide) groups is 1. The third kappa shape index (κ3) is 4.72. The van der Waals surface area contributed by atoms with E-state index in [1.54, 1.807) is 35.6 Å². The molecule has 0 aliphatic carbocycles. The maximum atomic E-state index is 12.1. The Bertz CT molecular complexity index is 1250. The number of carboxylic acids is 1. The van der Waals surface area contributed by atoms with Gasteiger partial charge in [0.15, 0.2) is 0 Å². The van der Waals surface area contributed by atoms with Gasteiger partial charge < -0.3 is 5.11 Å². The Balaban J connectivity index is 1.89. The largest absolute Gasteiger partial charge is 0.480 e. The van der Waals surface area contributed by atoms with Crippen LogP contribution in [0.2, 0.25) is 0 Å². The summed E-state index contributed by atoms with van der Waals surface area (Å²) >= 11 is 6.08. The van der Waals surface area contributed by atoms with Gasteiger partial charge in [-0.3, -0.25) is 4.79 Å². The van der Waals surface area contributed by atoms with Crippen molar-refractivity contribution in [3.05, 3.63) is 93.8 Å². The van der Waals surface area contributed by atoms with Gasteiger partial charge >= 0.3 is 5.97 Å². The molecule has 1 unspecified atom stereocenters. The molecule has 1 atom stereocenters. The molecule has 4 nitrogen and oxygen atoms in total. The number of aliphatic carboxylic acids is 1. The fraction of sp³-hybridized carbons (Fsp3) is 0.0417. The lowest BCUT2D eigenvalue weighted by Gasteiger charge is -2.16.